The largest absolute Gasteiger partial charge is 0.462 e. The fourth-order valence-corrected chi connectivity index (χ4v) is 5.31. The van der Waals surface area contributed by atoms with Gasteiger partial charge in [0.05, 0.1) is 6.61 Å². The standard InChI is InChI=1S/C31H44O3.C3H8/c1-4-24-15-17-30-20-27(16-18-29(30)19-24)14-13-26-11-9-25(10-12-26)7-5-6-8-28(21-32)22-34-31(33)23(2)3;1-3-2/h15-20,25-26,28,32H,2,4-14,21-22H2,1,3H3;3H2,1-2H3. The van der Waals surface area contributed by atoms with Crippen molar-refractivity contribution in [3.63, 3.8) is 0 Å². The zero-order valence-corrected chi connectivity index (χ0v) is 24.1. The van der Waals surface area contributed by atoms with E-state index in [0.717, 1.165) is 31.1 Å². The molecule has 0 amide bonds. The van der Waals surface area contributed by atoms with Gasteiger partial charge in [0.25, 0.3) is 0 Å². The summed E-state index contributed by atoms with van der Waals surface area (Å²) in [6.45, 7) is 12.1. The summed E-state index contributed by atoms with van der Waals surface area (Å²) in [7, 11) is 0. The average molecular weight is 509 g/mol. The molecule has 1 unspecified atom stereocenters. The monoisotopic (exact) mass is 508 g/mol. The van der Waals surface area contributed by atoms with E-state index in [4.69, 9.17) is 4.74 Å². The van der Waals surface area contributed by atoms with E-state index >= 15 is 0 Å². The minimum absolute atomic E-state index is 0.0443. The topological polar surface area (TPSA) is 46.5 Å². The second kappa shape index (κ2) is 17.4. The molecule has 3 nitrogen and oxygen atoms in total. The van der Waals surface area contributed by atoms with Crippen LogP contribution in [0.4, 0.5) is 0 Å². The highest BCUT2D eigenvalue weighted by molar-refractivity contribution is 5.87. The van der Waals surface area contributed by atoms with Crippen molar-refractivity contribution in [2.75, 3.05) is 13.2 Å². The van der Waals surface area contributed by atoms with E-state index in [9.17, 15) is 9.90 Å². The molecule has 1 aliphatic carbocycles. The van der Waals surface area contributed by atoms with Gasteiger partial charge in [0.1, 0.15) is 0 Å². The quantitative estimate of drug-likeness (QED) is 0.167. The van der Waals surface area contributed by atoms with Crippen molar-refractivity contribution >= 4 is 16.7 Å². The number of carbonyl (C=O) groups is 1. The molecule has 3 rings (SSSR count). The summed E-state index contributed by atoms with van der Waals surface area (Å²) in [6.07, 6.45) is 14.8. The Labute approximate surface area is 226 Å². The normalized spacial score (nSPS) is 18.1. The molecule has 1 N–H and O–H groups in total. The van der Waals surface area contributed by atoms with E-state index in [0.29, 0.717) is 12.2 Å². The molecule has 0 spiro atoms. The van der Waals surface area contributed by atoms with Gasteiger partial charge in [-0.1, -0.05) is 115 Å². The van der Waals surface area contributed by atoms with Crippen LogP contribution in [0.2, 0.25) is 0 Å². The Morgan fingerprint density at radius 1 is 0.946 bits per heavy atom. The third kappa shape index (κ3) is 11.4. The van der Waals surface area contributed by atoms with Crippen LogP contribution in [-0.4, -0.2) is 24.3 Å². The molecule has 1 saturated carbocycles. The molecule has 1 atom stereocenters. The third-order valence-corrected chi connectivity index (χ3v) is 7.72. The summed E-state index contributed by atoms with van der Waals surface area (Å²) in [5, 5.41) is 12.3. The fraction of sp³-hybridized carbons (Fsp3) is 0.618. The molecule has 0 saturated heterocycles. The first kappa shape index (κ1) is 31.1. The molecule has 3 heteroatoms. The number of hydrogen-bond acceptors (Lipinski definition) is 3. The van der Waals surface area contributed by atoms with Crippen LogP contribution in [0.25, 0.3) is 10.8 Å². The Balaban J connectivity index is 0.00000153. The van der Waals surface area contributed by atoms with E-state index in [1.807, 2.05) is 0 Å². The van der Waals surface area contributed by atoms with Crippen LogP contribution < -0.4 is 0 Å². The molecule has 206 valence electrons. The molecule has 0 aliphatic heterocycles. The highest BCUT2D eigenvalue weighted by Crippen LogP contribution is 2.34. The summed E-state index contributed by atoms with van der Waals surface area (Å²) in [4.78, 5) is 11.5. The number of rotatable bonds is 13. The minimum atomic E-state index is -0.360. The maximum atomic E-state index is 11.5. The first-order valence-electron chi connectivity index (χ1n) is 14.8. The molecular formula is C34H52O3. The number of hydrogen-bond donors (Lipinski definition) is 1. The predicted octanol–water partition coefficient (Wildman–Crippen LogP) is 8.85. The van der Waals surface area contributed by atoms with Crippen molar-refractivity contribution in [1.29, 1.82) is 0 Å². The van der Waals surface area contributed by atoms with Crippen molar-refractivity contribution in [2.24, 2.45) is 17.8 Å². The van der Waals surface area contributed by atoms with Gasteiger partial charge in [-0.05, 0) is 66.3 Å². The van der Waals surface area contributed by atoms with E-state index in [2.05, 4.69) is 63.7 Å². The molecular weight excluding hydrogens is 456 g/mol. The first-order chi connectivity index (χ1) is 17.9. The van der Waals surface area contributed by atoms with Crippen LogP contribution in [0.1, 0.15) is 103 Å². The molecule has 2 aromatic rings. The van der Waals surface area contributed by atoms with Gasteiger partial charge >= 0.3 is 5.97 Å². The smallest absolute Gasteiger partial charge is 0.333 e. The number of fused-ring (bicyclic) bond motifs is 1. The summed E-state index contributed by atoms with van der Waals surface area (Å²) >= 11 is 0. The summed E-state index contributed by atoms with van der Waals surface area (Å²) in [6, 6.07) is 13.9. The highest BCUT2D eigenvalue weighted by atomic mass is 16.5. The molecule has 0 heterocycles. The molecule has 2 aromatic carbocycles. The highest BCUT2D eigenvalue weighted by Gasteiger charge is 2.21. The number of carbonyl (C=O) groups excluding carboxylic acids is 1. The van der Waals surface area contributed by atoms with Gasteiger partial charge < -0.3 is 9.84 Å². The molecule has 37 heavy (non-hydrogen) atoms. The van der Waals surface area contributed by atoms with E-state index < -0.39 is 0 Å². The Bertz CT molecular complexity index is 939. The van der Waals surface area contributed by atoms with Crippen LogP contribution in [0.5, 0.6) is 0 Å². The van der Waals surface area contributed by atoms with Gasteiger partial charge in [-0.2, -0.15) is 0 Å². The van der Waals surface area contributed by atoms with Crippen molar-refractivity contribution in [3.05, 3.63) is 59.7 Å². The second-order valence-corrected chi connectivity index (χ2v) is 11.2. The zero-order valence-electron chi connectivity index (χ0n) is 24.1. The van der Waals surface area contributed by atoms with Crippen molar-refractivity contribution in [2.45, 2.75) is 105 Å². The SMILES string of the molecule is C=C(C)C(=O)OCC(CO)CCCCC1CCC(CCc2ccc3cc(CC)ccc3c2)CC1.CCC. The lowest BCUT2D eigenvalue weighted by Crippen LogP contribution is -2.18. The van der Waals surface area contributed by atoms with Gasteiger partial charge in [-0.15, -0.1) is 0 Å². The number of ether oxygens (including phenoxy) is 1. The van der Waals surface area contributed by atoms with Gasteiger partial charge in [0.2, 0.25) is 0 Å². The predicted molar refractivity (Wildman–Crippen MR) is 158 cm³/mol. The van der Waals surface area contributed by atoms with Crippen molar-refractivity contribution in [1.82, 2.24) is 0 Å². The Morgan fingerprint density at radius 2 is 1.51 bits per heavy atom. The third-order valence-electron chi connectivity index (χ3n) is 7.72. The van der Waals surface area contributed by atoms with E-state index in [1.165, 1.54) is 79.7 Å². The Morgan fingerprint density at radius 3 is 2.08 bits per heavy atom. The Hall–Kier alpha value is -2.13. The number of unbranched alkanes of at least 4 members (excludes halogenated alkanes) is 1. The molecule has 0 bridgehead atoms. The lowest BCUT2D eigenvalue weighted by molar-refractivity contribution is -0.140. The average Bonchev–Trinajstić information content (AvgIpc) is 2.91. The second-order valence-electron chi connectivity index (χ2n) is 11.2. The summed E-state index contributed by atoms with van der Waals surface area (Å²) in [5.74, 6) is 1.42. The number of aliphatic hydroxyl groups is 1. The molecule has 0 aromatic heterocycles. The van der Waals surface area contributed by atoms with Gasteiger partial charge in [-0.3, -0.25) is 0 Å². The lowest BCUT2D eigenvalue weighted by Gasteiger charge is -2.28. The van der Waals surface area contributed by atoms with E-state index in [-0.39, 0.29) is 18.5 Å². The van der Waals surface area contributed by atoms with Crippen LogP contribution in [0, 0.1) is 17.8 Å². The molecule has 0 radical (unpaired) electrons. The van der Waals surface area contributed by atoms with Gasteiger partial charge in [0, 0.05) is 18.1 Å². The fourth-order valence-electron chi connectivity index (χ4n) is 5.31. The van der Waals surface area contributed by atoms with Crippen molar-refractivity contribution < 1.29 is 14.6 Å². The van der Waals surface area contributed by atoms with Gasteiger partial charge in [0.15, 0.2) is 0 Å². The Kier molecular flexibility index (Phi) is 14.6. The van der Waals surface area contributed by atoms with Crippen LogP contribution >= 0.6 is 0 Å². The van der Waals surface area contributed by atoms with Crippen LogP contribution in [0.3, 0.4) is 0 Å². The first-order valence-corrected chi connectivity index (χ1v) is 14.8. The maximum Gasteiger partial charge on any atom is 0.333 e. The molecule has 1 fully saturated rings. The number of aliphatic hydroxyl groups excluding tert-OH is 1. The van der Waals surface area contributed by atoms with Crippen LogP contribution in [0.15, 0.2) is 48.6 Å². The number of aryl methyl sites for hydroxylation is 2. The van der Waals surface area contributed by atoms with Crippen molar-refractivity contribution in [3.8, 4) is 0 Å². The van der Waals surface area contributed by atoms with Crippen LogP contribution in [-0.2, 0) is 22.4 Å². The minimum Gasteiger partial charge on any atom is -0.462 e. The zero-order chi connectivity index (χ0) is 27.0. The summed E-state index contributed by atoms with van der Waals surface area (Å²) < 4.78 is 5.20. The number of esters is 1. The van der Waals surface area contributed by atoms with Gasteiger partial charge in [-0.25, -0.2) is 4.79 Å². The number of benzene rings is 2. The maximum absolute atomic E-state index is 11.5. The molecule has 1 aliphatic rings. The summed E-state index contributed by atoms with van der Waals surface area (Å²) in [5.41, 5.74) is 3.30. The lowest BCUT2D eigenvalue weighted by atomic mass is 9.77. The van der Waals surface area contributed by atoms with E-state index in [1.54, 1.807) is 6.92 Å².